The number of hydrogen-bond donors (Lipinski definition) is 1. The van der Waals surface area contributed by atoms with Crippen LogP contribution in [0, 0.1) is 0 Å². The van der Waals surface area contributed by atoms with Crippen molar-refractivity contribution in [3.63, 3.8) is 0 Å². The van der Waals surface area contributed by atoms with Gasteiger partial charge in [-0.15, -0.1) is 11.8 Å². The second-order valence-corrected chi connectivity index (χ2v) is 7.13. The molecule has 1 heterocycles. The van der Waals surface area contributed by atoms with Gasteiger partial charge in [0.1, 0.15) is 10.6 Å². The lowest BCUT2D eigenvalue weighted by molar-refractivity contribution is 0.410. The van der Waals surface area contributed by atoms with E-state index in [9.17, 15) is 14.7 Å². The molecule has 0 saturated heterocycles. The Kier molecular flexibility index (Phi) is 6.85. The van der Waals surface area contributed by atoms with Gasteiger partial charge >= 0.3 is 5.69 Å². The van der Waals surface area contributed by atoms with E-state index < -0.39 is 11.2 Å². The Morgan fingerprint density at radius 2 is 1.77 bits per heavy atom. The van der Waals surface area contributed by atoms with Gasteiger partial charge in [0.15, 0.2) is 0 Å². The first kappa shape index (κ1) is 20.0. The summed E-state index contributed by atoms with van der Waals surface area (Å²) in [7, 11) is 2.84. The van der Waals surface area contributed by atoms with E-state index in [1.165, 1.54) is 31.4 Å². The summed E-state index contributed by atoms with van der Waals surface area (Å²) in [6.45, 7) is 4.17. The van der Waals surface area contributed by atoms with Gasteiger partial charge in [0.2, 0.25) is 5.88 Å². The average molecular weight is 375 g/mol. The summed E-state index contributed by atoms with van der Waals surface area (Å²) < 4.78 is 2.05. The molecule has 0 spiro atoms. The van der Waals surface area contributed by atoms with Crippen LogP contribution in [0.5, 0.6) is 5.88 Å². The summed E-state index contributed by atoms with van der Waals surface area (Å²) in [5.74, 6) is 0.416. The first-order valence-corrected chi connectivity index (χ1v) is 9.69. The number of aromatic nitrogens is 2. The first-order chi connectivity index (χ1) is 12.4. The number of nitrogens with zero attached hydrogens (tertiary/aromatic N) is 3. The van der Waals surface area contributed by atoms with Gasteiger partial charge < -0.3 is 5.11 Å². The molecule has 0 aliphatic heterocycles. The maximum atomic E-state index is 12.6. The van der Waals surface area contributed by atoms with Crippen LogP contribution in [0.25, 0.3) is 0 Å². The van der Waals surface area contributed by atoms with E-state index in [2.05, 4.69) is 18.8 Å². The molecule has 0 amide bonds. The molecule has 0 bridgehead atoms. The molecule has 1 aromatic heterocycles. The number of aryl methyl sites for hydroxylation is 1. The van der Waals surface area contributed by atoms with Gasteiger partial charge in [0.25, 0.3) is 5.56 Å². The van der Waals surface area contributed by atoms with Gasteiger partial charge in [-0.25, -0.2) is 9.79 Å². The smallest absolute Gasteiger partial charge is 0.333 e. The minimum Gasteiger partial charge on any atom is -0.494 e. The van der Waals surface area contributed by atoms with Crippen LogP contribution in [0.2, 0.25) is 0 Å². The van der Waals surface area contributed by atoms with E-state index in [0.717, 1.165) is 34.1 Å². The Bertz CT molecular complexity index is 911. The second-order valence-electron chi connectivity index (χ2n) is 6.04. The van der Waals surface area contributed by atoms with Crippen LogP contribution in [0.3, 0.4) is 0 Å². The third-order valence-corrected chi connectivity index (χ3v) is 5.22. The number of benzene rings is 1. The highest BCUT2D eigenvalue weighted by Crippen LogP contribution is 2.24. The van der Waals surface area contributed by atoms with Crippen molar-refractivity contribution in [3.05, 3.63) is 56.2 Å². The SMILES string of the molecule is CCCCSC(=Nc1ccc(CC)cc1)c1c(O)n(C)c(=O)n(C)c1=O. The van der Waals surface area contributed by atoms with Crippen LogP contribution in [-0.2, 0) is 20.5 Å². The van der Waals surface area contributed by atoms with Crippen molar-refractivity contribution in [2.45, 2.75) is 33.1 Å². The molecule has 1 aromatic carbocycles. The average Bonchev–Trinajstić information content (AvgIpc) is 2.65. The molecular weight excluding hydrogens is 350 g/mol. The zero-order valence-corrected chi connectivity index (χ0v) is 16.5. The lowest BCUT2D eigenvalue weighted by atomic mass is 10.1. The molecule has 0 fully saturated rings. The molecule has 0 aliphatic carbocycles. The van der Waals surface area contributed by atoms with E-state index in [-0.39, 0.29) is 11.4 Å². The van der Waals surface area contributed by atoms with Gasteiger partial charge in [-0.1, -0.05) is 32.4 Å². The Morgan fingerprint density at radius 3 is 2.35 bits per heavy atom. The Morgan fingerprint density at radius 1 is 1.12 bits per heavy atom. The van der Waals surface area contributed by atoms with Crippen molar-refractivity contribution in [1.29, 1.82) is 0 Å². The fourth-order valence-corrected chi connectivity index (χ4v) is 3.54. The van der Waals surface area contributed by atoms with Gasteiger partial charge in [0, 0.05) is 14.1 Å². The standard InChI is InChI=1S/C19H25N3O3S/c1-5-7-12-26-16(20-14-10-8-13(6-2)9-11-14)15-17(23)21(3)19(25)22(4)18(15)24/h8-11,23H,5-7,12H2,1-4H3. The van der Waals surface area contributed by atoms with Crippen LogP contribution >= 0.6 is 11.8 Å². The van der Waals surface area contributed by atoms with Crippen molar-refractivity contribution in [2.24, 2.45) is 19.1 Å². The Balaban J connectivity index is 2.60. The molecular formula is C19H25N3O3S. The van der Waals surface area contributed by atoms with Crippen LogP contribution in [0.4, 0.5) is 5.69 Å². The normalized spacial score (nSPS) is 11.8. The maximum absolute atomic E-state index is 12.6. The van der Waals surface area contributed by atoms with E-state index in [1.807, 2.05) is 24.3 Å². The van der Waals surface area contributed by atoms with Gasteiger partial charge in [-0.05, 0) is 36.3 Å². The molecule has 2 rings (SSSR count). The third-order valence-electron chi connectivity index (χ3n) is 4.16. The maximum Gasteiger partial charge on any atom is 0.333 e. The van der Waals surface area contributed by atoms with Crippen LogP contribution in [0.15, 0.2) is 38.8 Å². The topological polar surface area (TPSA) is 76.6 Å². The van der Waals surface area contributed by atoms with E-state index in [1.54, 1.807) is 0 Å². The quantitative estimate of drug-likeness (QED) is 0.478. The molecule has 0 saturated carbocycles. The number of thioether (sulfide) groups is 1. The highest BCUT2D eigenvalue weighted by Gasteiger charge is 2.20. The summed E-state index contributed by atoms with van der Waals surface area (Å²) in [5, 5.41) is 10.9. The second kappa shape index (κ2) is 8.89. The molecule has 7 heteroatoms. The fourth-order valence-electron chi connectivity index (χ4n) is 2.42. The lowest BCUT2D eigenvalue weighted by Gasteiger charge is -2.12. The Hall–Kier alpha value is -2.28. The van der Waals surface area contributed by atoms with Crippen molar-refractivity contribution in [1.82, 2.24) is 9.13 Å². The third kappa shape index (κ3) is 4.27. The molecule has 0 unspecified atom stereocenters. The molecule has 0 atom stereocenters. The predicted octanol–water partition coefficient (Wildman–Crippen LogP) is 2.96. The van der Waals surface area contributed by atoms with Gasteiger partial charge in [-0.2, -0.15) is 0 Å². The first-order valence-electron chi connectivity index (χ1n) is 8.70. The van der Waals surface area contributed by atoms with E-state index in [0.29, 0.717) is 10.7 Å². The monoisotopic (exact) mass is 375 g/mol. The molecule has 26 heavy (non-hydrogen) atoms. The zero-order valence-electron chi connectivity index (χ0n) is 15.7. The molecule has 1 N–H and O–H groups in total. The van der Waals surface area contributed by atoms with Crippen LogP contribution in [0.1, 0.15) is 37.8 Å². The Labute approximate surface area is 157 Å². The largest absolute Gasteiger partial charge is 0.494 e. The zero-order chi connectivity index (χ0) is 19.3. The minimum absolute atomic E-state index is 0.0651. The summed E-state index contributed by atoms with van der Waals surface area (Å²) in [6.07, 6.45) is 2.91. The fraction of sp³-hybridized carbons (Fsp3) is 0.421. The summed E-state index contributed by atoms with van der Waals surface area (Å²) >= 11 is 1.42. The van der Waals surface area contributed by atoms with E-state index in [4.69, 9.17) is 0 Å². The van der Waals surface area contributed by atoms with Crippen LogP contribution in [-0.4, -0.2) is 25.0 Å². The highest BCUT2D eigenvalue weighted by atomic mass is 32.2. The van der Waals surface area contributed by atoms with Gasteiger partial charge in [-0.3, -0.25) is 13.9 Å². The highest BCUT2D eigenvalue weighted by molar-refractivity contribution is 8.14. The van der Waals surface area contributed by atoms with Crippen molar-refractivity contribution >= 4 is 22.5 Å². The predicted molar refractivity (Wildman–Crippen MR) is 108 cm³/mol. The molecule has 6 nitrogen and oxygen atoms in total. The molecule has 140 valence electrons. The summed E-state index contributed by atoms with van der Waals surface area (Å²) in [4.78, 5) is 29.2. The summed E-state index contributed by atoms with van der Waals surface area (Å²) in [5.41, 5.74) is 0.858. The van der Waals surface area contributed by atoms with E-state index >= 15 is 0 Å². The van der Waals surface area contributed by atoms with Crippen molar-refractivity contribution in [3.8, 4) is 5.88 Å². The van der Waals surface area contributed by atoms with Crippen LogP contribution < -0.4 is 11.2 Å². The van der Waals surface area contributed by atoms with Crippen molar-refractivity contribution < 1.29 is 5.11 Å². The summed E-state index contributed by atoms with van der Waals surface area (Å²) in [6, 6.07) is 7.77. The number of rotatable bonds is 6. The van der Waals surface area contributed by atoms with Gasteiger partial charge in [0.05, 0.1) is 5.69 Å². The minimum atomic E-state index is -0.568. The molecule has 0 aliphatic rings. The number of hydrogen-bond acceptors (Lipinski definition) is 5. The van der Waals surface area contributed by atoms with Crippen molar-refractivity contribution in [2.75, 3.05) is 5.75 Å². The molecule has 0 radical (unpaired) electrons. The number of unbranched alkanes of at least 4 members (excludes halogenated alkanes) is 1. The lowest BCUT2D eigenvalue weighted by Crippen LogP contribution is -2.39. The number of aliphatic imine (C=N–C) groups is 1. The number of aromatic hydroxyl groups is 1. The molecule has 2 aromatic rings.